The van der Waals surface area contributed by atoms with Gasteiger partial charge >= 0.3 is 0 Å². The predicted octanol–water partition coefficient (Wildman–Crippen LogP) is 6.12. The lowest BCUT2D eigenvalue weighted by molar-refractivity contribution is -0.290. The average molecular weight is 405 g/mol. The van der Waals surface area contributed by atoms with E-state index in [2.05, 4.69) is 68.5 Å². The van der Waals surface area contributed by atoms with E-state index in [1.807, 2.05) is 18.2 Å². The lowest BCUT2D eigenvalue weighted by Crippen LogP contribution is -2.60. The Kier molecular flexibility index (Phi) is 4.89. The van der Waals surface area contributed by atoms with Gasteiger partial charge < -0.3 is 14.6 Å². The third kappa shape index (κ3) is 2.98. The summed E-state index contributed by atoms with van der Waals surface area (Å²) in [6, 6.07) is 21.0. The molecule has 3 heteroatoms. The molecule has 2 aliphatic carbocycles. The summed E-state index contributed by atoms with van der Waals surface area (Å²) in [5.41, 5.74) is 2.08. The molecule has 5 rings (SSSR count). The Morgan fingerprint density at radius 2 is 1.37 bits per heavy atom. The van der Waals surface area contributed by atoms with Crippen LogP contribution in [-0.4, -0.2) is 17.0 Å². The molecule has 3 nitrogen and oxygen atoms in total. The van der Waals surface area contributed by atoms with Crippen LogP contribution in [0, 0.1) is 10.8 Å². The SMILES string of the molecule is CC1(C)CCCC2(O[C@H](c3ccccc3)[C@@H](c3ccccc3)O2)[C@]12C=CC(O)CC2. The molecule has 1 saturated carbocycles. The number of ether oxygens (including phenoxy) is 2. The predicted molar refractivity (Wildman–Crippen MR) is 118 cm³/mol. The highest BCUT2D eigenvalue weighted by atomic mass is 16.8. The Labute approximate surface area is 179 Å². The second-order valence-corrected chi connectivity index (χ2v) is 9.83. The van der Waals surface area contributed by atoms with Gasteiger partial charge in [0.1, 0.15) is 12.2 Å². The Balaban J connectivity index is 1.63. The van der Waals surface area contributed by atoms with Crippen molar-refractivity contribution < 1.29 is 14.6 Å². The topological polar surface area (TPSA) is 38.7 Å². The lowest BCUT2D eigenvalue weighted by Gasteiger charge is -2.59. The summed E-state index contributed by atoms with van der Waals surface area (Å²) in [4.78, 5) is 0. The van der Waals surface area contributed by atoms with E-state index in [0.717, 1.165) is 43.2 Å². The summed E-state index contributed by atoms with van der Waals surface area (Å²) in [5, 5.41) is 10.2. The van der Waals surface area contributed by atoms with E-state index in [9.17, 15) is 5.11 Å². The van der Waals surface area contributed by atoms with Crippen molar-refractivity contribution >= 4 is 0 Å². The van der Waals surface area contributed by atoms with E-state index < -0.39 is 5.79 Å². The van der Waals surface area contributed by atoms with Crippen molar-refractivity contribution in [2.75, 3.05) is 0 Å². The standard InChI is InChI=1S/C27H32O3/c1-25(2)16-9-17-27(26(25)18-14-22(28)15-19-26)29-23(20-10-5-3-6-11-20)24(30-27)21-12-7-4-8-13-21/h3-8,10-14,18,22-24,28H,9,15-17,19H2,1-2H3/t22?,23-,24-,26+/m1/s1. The molecular formula is C27H32O3. The number of aliphatic hydroxyl groups excluding tert-OH is 1. The van der Waals surface area contributed by atoms with Gasteiger partial charge in [0.25, 0.3) is 0 Å². The second kappa shape index (κ2) is 7.33. The first-order chi connectivity index (χ1) is 14.5. The minimum atomic E-state index is -0.688. The number of rotatable bonds is 2. The molecule has 4 atom stereocenters. The molecule has 158 valence electrons. The maximum Gasteiger partial charge on any atom is 0.179 e. The molecule has 1 saturated heterocycles. The highest BCUT2D eigenvalue weighted by Crippen LogP contribution is 2.67. The second-order valence-electron chi connectivity index (χ2n) is 9.83. The lowest BCUT2D eigenvalue weighted by atomic mass is 9.51. The maximum atomic E-state index is 10.2. The van der Waals surface area contributed by atoms with E-state index in [4.69, 9.17) is 9.47 Å². The summed E-state index contributed by atoms with van der Waals surface area (Å²) in [6.45, 7) is 4.69. The van der Waals surface area contributed by atoms with Gasteiger partial charge in [-0.1, -0.05) is 86.7 Å². The molecule has 3 aliphatic rings. The van der Waals surface area contributed by atoms with Crippen LogP contribution in [0.15, 0.2) is 72.8 Å². The van der Waals surface area contributed by atoms with E-state index in [1.54, 1.807) is 0 Å². The molecule has 0 bridgehead atoms. The van der Waals surface area contributed by atoms with Crippen LogP contribution < -0.4 is 0 Å². The van der Waals surface area contributed by atoms with Crippen LogP contribution in [0.2, 0.25) is 0 Å². The van der Waals surface area contributed by atoms with Gasteiger partial charge in [-0.05, 0) is 42.2 Å². The maximum absolute atomic E-state index is 10.2. The molecule has 0 radical (unpaired) electrons. The van der Waals surface area contributed by atoms with Crippen molar-refractivity contribution in [3.8, 4) is 0 Å². The van der Waals surface area contributed by atoms with E-state index >= 15 is 0 Å². The highest BCUT2D eigenvalue weighted by molar-refractivity contribution is 5.29. The van der Waals surface area contributed by atoms with Gasteiger partial charge in [-0.25, -0.2) is 0 Å². The number of hydrogen-bond acceptors (Lipinski definition) is 3. The molecule has 0 amide bonds. The first-order valence-corrected chi connectivity index (χ1v) is 11.3. The van der Waals surface area contributed by atoms with Crippen molar-refractivity contribution in [2.24, 2.45) is 10.8 Å². The Hall–Kier alpha value is -1.94. The smallest absolute Gasteiger partial charge is 0.179 e. The molecule has 1 aliphatic heterocycles. The van der Waals surface area contributed by atoms with Crippen molar-refractivity contribution in [2.45, 2.75) is 70.1 Å². The largest absolute Gasteiger partial charge is 0.389 e. The van der Waals surface area contributed by atoms with E-state index in [1.165, 1.54) is 0 Å². The molecule has 1 unspecified atom stereocenters. The number of benzene rings is 2. The van der Waals surface area contributed by atoms with E-state index in [-0.39, 0.29) is 29.1 Å². The first-order valence-electron chi connectivity index (χ1n) is 11.3. The van der Waals surface area contributed by atoms with Crippen LogP contribution in [0.1, 0.15) is 69.3 Å². The van der Waals surface area contributed by atoms with E-state index in [0.29, 0.717) is 0 Å². The van der Waals surface area contributed by atoms with Crippen LogP contribution in [-0.2, 0) is 9.47 Å². The van der Waals surface area contributed by atoms with Crippen LogP contribution in [0.5, 0.6) is 0 Å². The van der Waals surface area contributed by atoms with Crippen molar-refractivity contribution in [3.05, 3.63) is 83.9 Å². The molecule has 1 heterocycles. The third-order valence-electron chi connectivity index (χ3n) is 7.80. The van der Waals surface area contributed by atoms with Crippen LogP contribution in [0.4, 0.5) is 0 Å². The van der Waals surface area contributed by atoms with Crippen molar-refractivity contribution in [3.63, 3.8) is 0 Å². The fourth-order valence-corrected chi connectivity index (χ4v) is 6.10. The molecule has 0 aromatic heterocycles. The Morgan fingerprint density at radius 3 is 1.87 bits per heavy atom. The summed E-state index contributed by atoms with van der Waals surface area (Å²) in [6.07, 6.45) is 8.24. The van der Waals surface area contributed by atoms with Gasteiger partial charge in [0.05, 0.1) is 6.10 Å². The summed E-state index contributed by atoms with van der Waals surface area (Å²) >= 11 is 0. The van der Waals surface area contributed by atoms with Gasteiger partial charge in [-0.2, -0.15) is 0 Å². The van der Waals surface area contributed by atoms with Gasteiger partial charge in [0.2, 0.25) is 0 Å². The Morgan fingerprint density at radius 1 is 0.800 bits per heavy atom. The van der Waals surface area contributed by atoms with Gasteiger partial charge in [-0.3, -0.25) is 0 Å². The zero-order valence-corrected chi connectivity index (χ0v) is 18.0. The minimum Gasteiger partial charge on any atom is -0.389 e. The highest BCUT2D eigenvalue weighted by Gasteiger charge is 2.66. The minimum absolute atomic E-state index is 0.0225. The third-order valence-corrected chi connectivity index (χ3v) is 7.80. The first kappa shape index (κ1) is 20.0. The zero-order chi connectivity index (χ0) is 20.8. The molecule has 30 heavy (non-hydrogen) atoms. The summed E-state index contributed by atoms with van der Waals surface area (Å²) in [7, 11) is 0. The molecule has 2 aromatic carbocycles. The zero-order valence-electron chi connectivity index (χ0n) is 18.0. The van der Waals surface area contributed by atoms with Gasteiger partial charge in [-0.15, -0.1) is 0 Å². The average Bonchev–Trinajstić information content (AvgIpc) is 3.15. The van der Waals surface area contributed by atoms with Gasteiger partial charge in [0, 0.05) is 11.8 Å². The molecule has 2 aromatic rings. The summed E-state index contributed by atoms with van der Waals surface area (Å²) in [5.74, 6) is -0.688. The number of aliphatic hydroxyl groups is 1. The number of fused-ring (bicyclic) bond motifs is 1. The van der Waals surface area contributed by atoms with Crippen LogP contribution in [0.25, 0.3) is 0 Å². The van der Waals surface area contributed by atoms with Gasteiger partial charge in [0.15, 0.2) is 5.79 Å². The van der Waals surface area contributed by atoms with Crippen molar-refractivity contribution in [1.82, 2.24) is 0 Å². The number of hydrogen-bond donors (Lipinski definition) is 1. The fraction of sp³-hybridized carbons (Fsp3) is 0.481. The van der Waals surface area contributed by atoms with Crippen LogP contribution in [0.3, 0.4) is 0 Å². The quantitative estimate of drug-likeness (QED) is 0.613. The van der Waals surface area contributed by atoms with Crippen LogP contribution >= 0.6 is 0 Å². The molecular weight excluding hydrogens is 372 g/mol. The fourth-order valence-electron chi connectivity index (χ4n) is 6.10. The summed E-state index contributed by atoms with van der Waals surface area (Å²) < 4.78 is 14.1. The monoisotopic (exact) mass is 404 g/mol. The Bertz CT molecular complexity index is 857. The normalized spacial score (nSPS) is 34.4. The molecule has 2 spiro atoms. The molecule has 1 N–H and O–H groups in total. The molecule has 2 fully saturated rings. The van der Waals surface area contributed by atoms with Crippen molar-refractivity contribution in [1.29, 1.82) is 0 Å².